The van der Waals surface area contributed by atoms with Crippen LogP contribution in [0.4, 0.5) is 0 Å². The van der Waals surface area contributed by atoms with E-state index in [0.717, 1.165) is 44.5 Å². The molecule has 0 unspecified atom stereocenters. The molecule has 251 valence electrons. The predicted octanol–water partition coefficient (Wildman–Crippen LogP) is 11.6. The standard InChI is InChI=1S/C30H28NO.C14H16NSi.Ir/c1-19(2)25-15-22(20-9-7-6-8-10-20)16-26-24-12-11-21(17-28(24)32-29(25)26)27-18-23(13-14-31-27)30(3,4)5;1-16(2,3)13-9-10-14(15-11-13)12-7-5-4-6-8-12;/h6-10,12-19H,1-5H3;4-7,9-11H,1-3H3;/q2*-1;. The Labute approximate surface area is 306 Å². The van der Waals surface area contributed by atoms with Crippen molar-refractivity contribution >= 4 is 35.2 Å². The molecule has 0 aliphatic rings. The molecule has 0 bridgehead atoms. The Morgan fingerprint density at radius 1 is 0.714 bits per heavy atom. The summed E-state index contributed by atoms with van der Waals surface area (Å²) in [6, 6.07) is 42.3. The van der Waals surface area contributed by atoms with Gasteiger partial charge in [-0.25, -0.2) is 0 Å². The fourth-order valence-corrected chi connectivity index (χ4v) is 6.84. The summed E-state index contributed by atoms with van der Waals surface area (Å²) in [6.07, 6.45) is 3.90. The number of aromatic nitrogens is 2. The van der Waals surface area contributed by atoms with Crippen molar-refractivity contribution in [2.75, 3.05) is 0 Å². The van der Waals surface area contributed by atoms with Crippen molar-refractivity contribution in [3.63, 3.8) is 0 Å². The molecule has 1 radical (unpaired) electrons. The molecule has 3 heterocycles. The summed E-state index contributed by atoms with van der Waals surface area (Å²) in [5.74, 6) is 0.357. The van der Waals surface area contributed by atoms with Crippen LogP contribution in [0.2, 0.25) is 19.6 Å². The number of fused-ring (bicyclic) bond motifs is 3. The molecule has 4 aromatic carbocycles. The maximum atomic E-state index is 6.45. The third-order valence-corrected chi connectivity index (χ3v) is 10.8. The van der Waals surface area contributed by atoms with E-state index in [2.05, 4.69) is 155 Å². The molecule has 3 aromatic heterocycles. The fourth-order valence-electron chi connectivity index (χ4n) is 5.81. The molecule has 7 aromatic rings. The Balaban J connectivity index is 0.000000233. The second-order valence-corrected chi connectivity index (χ2v) is 19.9. The number of benzene rings is 4. The number of hydrogen-bond acceptors (Lipinski definition) is 3. The normalized spacial score (nSPS) is 11.7. The van der Waals surface area contributed by atoms with Gasteiger partial charge >= 0.3 is 0 Å². The van der Waals surface area contributed by atoms with E-state index in [9.17, 15) is 0 Å². The van der Waals surface area contributed by atoms with Crippen molar-refractivity contribution in [2.45, 2.75) is 65.6 Å². The first-order chi connectivity index (χ1) is 22.9. The SMILES string of the molecule is CC(C)c1cc(-c2ccccc2)cc2c1oc1cc(-c3cc(C(C)(C)C)ccn3)[c-]cc12.C[Si](C)(C)c1ccc(-c2[c-]cccc2)nc1.[Ir]. The average Bonchev–Trinajstić information content (AvgIpc) is 3.46. The molecule has 3 nitrogen and oxygen atoms in total. The zero-order chi connectivity index (χ0) is 34.1. The molecule has 0 N–H and O–H groups in total. The Bertz CT molecular complexity index is 2160. The molecular weight excluding hydrogens is 793 g/mol. The molecule has 7 rings (SSSR count). The second kappa shape index (κ2) is 14.8. The van der Waals surface area contributed by atoms with Gasteiger partial charge in [0.25, 0.3) is 0 Å². The van der Waals surface area contributed by atoms with E-state index in [-0.39, 0.29) is 25.5 Å². The van der Waals surface area contributed by atoms with Gasteiger partial charge in [-0.15, -0.1) is 53.6 Å². The van der Waals surface area contributed by atoms with Crippen molar-refractivity contribution in [1.29, 1.82) is 0 Å². The van der Waals surface area contributed by atoms with E-state index in [1.54, 1.807) is 0 Å². The van der Waals surface area contributed by atoms with Gasteiger partial charge in [-0.2, -0.15) is 0 Å². The van der Waals surface area contributed by atoms with Crippen LogP contribution in [0, 0.1) is 12.1 Å². The van der Waals surface area contributed by atoms with Gasteiger partial charge in [0, 0.05) is 32.5 Å². The van der Waals surface area contributed by atoms with Crippen LogP contribution in [0.25, 0.3) is 55.6 Å². The molecule has 49 heavy (non-hydrogen) atoms. The third kappa shape index (κ3) is 8.19. The zero-order valence-electron chi connectivity index (χ0n) is 29.7. The molecule has 0 fully saturated rings. The molecule has 0 saturated carbocycles. The molecule has 0 spiro atoms. The van der Waals surface area contributed by atoms with E-state index in [4.69, 9.17) is 4.42 Å². The number of rotatable bonds is 5. The van der Waals surface area contributed by atoms with Crippen molar-refractivity contribution in [1.82, 2.24) is 9.97 Å². The number of nitrogens with zero attached hydrogens (tertiary/aromatic N) is 2. The quantitative estimate of drug-likeness (QED) is 0.128. The van der Waals surface area contributed by atoms with Gasteiger partial charge in [-0.3, -0.25) is 0 Å². The third-order valence-electron chi connectivity index (χ3n) is 8.78. The Hall–Kier alpha value is -4.15. The summed E-state index contributed by atoms with van der Waals surface area (Å²) in [4.78, 5) is 9.13. The van der Waals surface area contributed by atoms with Crippen molar-refractivity contribution in [3.8, 4) is 33.6 Å². The summed E-state index contributed by atoms with van der Waals surface area (Å²) < 4.78 is 6.45. The number of furan rings is 1. The van der Waals surface area contributed by atoms with Crippen LogP contribution in [-0.2, 0) is 25.5 Å². The van der Waals surface area contributed by atoms with Gasteiger partial charge in [0.2, 0.25) is 0 Å². The topological polar surface area (TPSA) is 38.9 Å². The molecular formula is C44H44IrN2OSi-2. The first-order valence-corrected chi connectivity index (χ1v) is 20.3. The zero-order valence-corrected chi connectivity index (χ0v) is 33.1. The van der Waals surface area contributed by atoms with Crippen molar-refractivity contribution < 1.29 is 24.5 Å². The van der Waals surface area contributed by atoms with Gasteiger partial charge < -0.3 is 14.4 Å². The van der Waals surface area contributed by atoms with E-state index >= 15 is 0 Å². The fraction of sp³-hybridized carbons (Fsp3) is 0.227. The minimum Gasteiger partial charge on any atom is -0.476 e. The van der Waals surface area contributed by atoms with E-state index in [1.165, 1.54) is 27.4 Å². The average molecular weight is 837 g/mol. The Morgan fingerprint density at radius 3 is 2.10 bits per heavy atom. The van der Waals surface area contributed by atoms with Gasteiger partial charge in [0.1, 0.15) is 5.58 Å². The van der Waals surface area contributed by atoms with Crippen LogP contribution in [0.15, 0.2) is 120 Å². The van der Waals surface area contributed by atoms with Crippen molar-refractivity contribution in [3.05, 3.63) is 139 Å². The molecule has 0 atom stereocenters. The summed E-state index contributed by atoms with van der Waals surface area (Å²) in [6.45, 7) is 18.1. The van der Waals surface area contributed by atoms with Crippen molar-refractivity contribution in [2.24, 2.45) is 0 Å². The first-order valence-electron chi connectivity index (χ1n) is 16.8. The summed E-state index contributed by atoms with van der Waals surface area (Å²) in [5, 5.41) is 3.63. The molecule has 5 heteroatoms. The van der Waals surface area contributed by atoms with Crippen LogP contribution in [0.1, 0.15) is 51.7 Å². The maximum absolute atomic E-state index is 6.45. The van der Waals surface area contributed by atoms with E-state index in [0.29, 0.717) is 5.92 Å². The second-order valence-electron chi connectivity index (χ2n) is 14.8. The predicted molar refractivity (Wildman–Crippen MR) is 206 cm³/mol. The summed E-state index contributed by atoms with van der Waals surface area (Å²) >= 11 is 0. The van der Waals surface area contributed by atoms with Crippen LogP contribution in [0.5, 0.6) is 0 Å². The molecule has 0 aliphatic carbocycles. The Kier molecular flexibility index (Phi) is 10.9. The number of hydrogen-bond donors (Lipinski definition) is 0. The Morgan fingerprint density at radius 2 is 1.47 bits per heavy atom. The smallest absolute Gasteiger partial charge is 0.127 e. The van der Waals surface area contributed by atoms with E-state index < -0.39 is 8.07 Å². The van der Waals surface area contributed by atoms with Gasteiger partial charge in [-0.05, 0) is 67.7 Å². The molecule has 0 saturated heterocycles. The van der Waals surface area contributed by atoms with Crippen LogP contribution in [0.3, 0.4) is 0 Å². The number of pyridine rings is 2. The van der Waals surface area contributed by atoms with Gasteiger partial charge in [0.15, 0.2) is 0 Å². The summed E-state index contributed by atoms with van der Waals surface area (Å²) in [5.41, 5.74) is 10.8. The monoisotopic (exact) mass is 837 g/mol. The van der Waals surface area contributed by atoms with Crippen LogP contribution in [-0.4, -0.2) is 18.0 Å². The van der Waals surface area contributed by atoms with Crippen LogP contribution < -0.4 is 5.19 Å². The molecule has 0 amide bonds. The minimum atomic E-state index is -1.23. The summed E-state index contributed by atoms with van der Waals surface area (Å²) in [7, 11) is -1.23. The van der Waals surface area contributed by atoms with Crippen LogP contribution >= 0.6 is 0 Å². The van der Waals surface area contributed by atoms with E-state index in [1.807, 2.05) is 36.7 Å². The maximum Gasteiger partial charge on any atom is 0.127 e. The minimum absolute atomic E-state index is 0. The largest absolute Gasteiger partial charge is 0.476 e. The van der Waals surface area contributed by atoms with Gasteiger partial charge in [0.05, 0.1) is 13.7 Å². The molecule has 0 aliphatic heterocycles. The van der Waals surface area contributed by atoms with Gasteiger partial charge in [-0.1, -0.05) is 120 Å². The first kappa shape index (κ1) is 36.1.